The summed E-state index contributed by atoms with van der Waals surface area (Å²) in [5.41, 5.74) is 2.01. The zero-order chi connectivity index (χ0) is 14.7. The molecule has 0 bridgehead atoms. The Morgan fingerprint density at radius 2 is 2.19 bits per heavy atom. The summed E-state index contributed by atoms with van der Waals surface area (Å²) < 4.78 is 0. The van der Waals surface area contributed by atoms with Crippen molar-refractivity contribution in [2.75, 3.05) is 6.54 Å². The minimum atomic E-state index is -0.236. The zero-order valence-corrected chi connectivity index (χ0v) is 11.3. The Hall–Kier alpha value is -2.70. The molecule has 3 heterocycles. The van der Waals surface area contributed by atoms with Gasteiger partial charge in [0.1, 0.15) is 5.69 Å². The number of nitrogens with zero attached hydrogens (tertiary/aromatic N) is 2. The predicted molar refractivity (Wildman–Crippen MR) is 75.3 cm³/mol. The lowest BCUT2D eigenvalue weighted by Gasteiger charge is -2.11. The van der Waals surface area contributed by atoms with Crippen LogP contribution in [0.4, 0.5) is 0 Å². The smallest absolute Gasteiger partial charge is 0.270 e. The normalized spacial score (nSPS) is 17.5. The third kappa shape index (κ3) is 2.91. The van der Waals surface area contributed by atoms with Crippen molar-refractivity contribution in [3.05, 3.63) is 36.4 Å². The second-order valence-corrected chi connectivity index (χ2v) is 4.91. The number of carbonyl (C=O) groups is 2. The summed E-state index contributed by atoms with van der Waals surface area (Å²) in [5, 5.41) is 12.3. The SMILES string of the molecule is O=C1CC[C@H](CNC(=O)c2[nH]ncc2-c2ccncc2)N1. The third-order valence-corrected chi connectivity index (χ3v) is 3.45. The van der Waals surface area contributed by atoms with Gasteiger partial charge in [0.15, 0.2) is 0 Å². The van der Waals surface area contributed by atoms with Gasteiger partial charge in [-0.1, -0.05) is 0 Å². The number of pyridine rings is 1. The van der Waals surface area contributed by atoms with Crippen LogP contribution >= 0.6 is 0 Å². The fourth-order valence-electron chi connectivity index (χ4n) is 2.34. The van der Waals surface area contributed by atoms with Crippen LogP contribution in [0.25, 0.3) is 11.1 Å². The molecule has 2 aromatic rings. The quantitative estimate of drug-likeness (QED) is 0.760. The van der Waals surface area contributed by atoms with Crippen LogP contribution in [0.1, 0.15) is 23.3 Å². The second-order valence-electron chi connectivity index (χ2n) is 4.91. The Bertz CT molecular complexity index is 652. The number of amides is 2. The number of aromatic amines is 1. The van der Waals surface area contributed by atoms with Crippen LogP contribution < -0.4 is 10.6 Å². The van der Waals surface area contributed by atoms with Crippen molar-refractivity contribution in [1.29, 1.82) is 0 Å². The van der Waals surface area contributed by atoms with Gasteiger partial charge in [-0.2, -0.15) is 5.10 Å². The molecule has 1 aliphatic rings. The van der Waals surface area contributed by atoms with Crippen LogP contribution in [-0.4, -0.2) is 39.6 Å². The number of hydrogen-bond donors (Lipinski definition) is 3. The van der Waals surface area contributed by atoms with Gasteiger partial charge >= 0.3 is 0 Å². The van der Waals surface area contributed by atoms with Gasteiger partial charge in [-0.25, -0.2) is 0 Å². The maximum absolute atomic E-state index is 12.2. The Kier molecular flexibility index (Phi) is 3.63. The van der Waals surface area contributed by atoms with E-state index in [9.17, 15) is 9.59 Å². The maximum atomic E-state index is 12.2. The van der Waals surface area contributed by atoms with Crippen molar-refractivity contribution in [1.82, 2.24) is 25.8 Å². The van der Waals surface area contributed by atoms with Crippen molar-refractivity contribution in [2.45, 2.75) is 18.9 Å². The first kappa shape index (κ1) is 13.3. The first-order valence-electron chi connectivity index (χ1n) is 6.75. The Labute approximate surface area is 121 Å². The Morgan fingerprint density at radius 1 is 1.38 bits per heavy atom. The molecule has 1 saturated heterocycles. The molecule has 1 fully saturated rings. The molecule has 0 saturated carbocycles. The van der Waals surface area contributed by atoms with Gasteiger partial charge in [0.2, 0.25) is 5.91 Å². The van der Waals surface area contributed by atoms with Gasteiger partial charge in [-0.15, -0.1) is 0 Å². The molecule has 2 aromatic heterocycles. The molecule has 0 unspecified atom stereocenters. The van der Waals surface area contributed by atoms with Crippen LogP contribution in [0.2, 0.25) is 0 Å². The highest BCUT2D eigenvalue weighted by Crippen LogP contribution is 2.20. The molecule has 0 spiro atoms. The van der Waals surface area contributed by atoms with Crippen molar-refractivity contribution >= 4 is 11.8 Å². The fraction of sp³-hybridized carbons (Fsp3) is 0.286. The summed E-state index contributed by atoms with van der Waals surface area (Å²) in [6.07, 6.45) is 6.21. The first-order chi connectivity index (χ1) is 10.2. The van der Waals surface area contributed by atoms with Crippen LogP contribution in [0.15, 0.2) is 30.7 Å². The van der Waals surface area contributed by atoms with Crippen molar-refractivity contribution in [3.8, 4) is 11.1 Å². The number of nitrogens with one attached hydrogen (secondary N) is 3. The summed E-state index contributed by atoms with van der Waals surface area (Å²) >= 11 is 0. The van der Waals surface area contributed by atoms with Gasteiger partial charge in [-0.05, 0) is 24.1 Å². The molecule has 7 nitrogen and oxygen atoms in total. The van der Waals surface area contributed by atoms with E-state index < -0.39 is 0 Å². The number of rotatable bonds is 4. The van der Waals surface area contributed by atoms with E-state index in [0.717, 1.165) is 17.5 Å². The van der Waals surface area contributed by atoms with E-state index in [1.165, 1.54) is 0 Å². The van der Waals surface area contributed by atoms with Gasteiger partial charge in [-0.3, -0.25) is 19.7 Å². The molecule has 1 aliphatic heterocycles. The van der Waals surface area contributed by atoms with E-state index >= 15 is 0 Å². The lowest BCUT2D eigenvalue weighted by atomic mass is 10.1. The standard InChI is InChI=1S/C14H15N5O2/c20-12-2-1-10(18-12)7-16-14(21)13-11(8-17-19-13)9-3-5-15-6-4-9/h3-6,8,10H,1-2,7H2,(H,16,21)(H,17,19)(H,18,20)/t10-/m1/s1. The van der Waals surface area contributed by atoms with Crippen molar-refractivity contribution < 1.29 is 9.59 Å². The van der Waals surface area contributed by atoms with Crippen LogP contribution in [-0.2, 0) is 4.79 Å². The lowest BCUT2D eigenvalue weighted by Crippen LogP contribution is -2.38. The molecule has 0 aliphatic carbocycles. The maximum Gasteiger partial charge on any atom is 0.270 e. The number of aromatic nitrogens is 3. The molecule has 7 heteroatoms. The molecule has 108 valence electrons. The minimum absolute atomic E-state index is 0.00810. The van der Waals surface area contributed by atoms with Gasteiger partial charge < -0.3 is 10.6 Å². The van der Waals surface area contributed by atoms with Crippen LogP contribution in [0.3, 0.4) is 0 Å². The summed E-state index contributed by atoms with van der Waals surface area (Å²) in [5.74, 6) is -0.200. The molecule has 1 atom stereocenters. The molecule has 2 amide bonds. The highest BCUT2D eigenvalue weighted by Gasteiger charge is 2.22. The number of hydrogen-bond acceptors (Lipinski definition) is 4. The van der Waals surface area contributed by atoms with E-state index in [1.807, 2.05) is 12.1 Å². The molecule has 3 rings (SSSR count). The lowest BCUT2D eigenvalue weighted by molar-refractivity contribution is -0.119. The van der Waals surface area contributed by atoms with Gasteiger partial charge in [0, 0.05) is 37.0 Å². The van der Waals surface area contributed by atoms with E-state index in [-0.39, 0.29) is 17.9 Å². The third-order valence-electron chi connectivity index (χ3n) is 3.45. The molecule has 0 radical (unpaired) electrons. The van der Waals surface area contributed by atoms with Crippen LogP contribution in [0, 0.1) is 0 Å². The Balaban J connectivity index is 1.68. The summed E-state index contributed by atoms with van der Waals surface area (Å²) in [4.78, 5) is 27.3. The highest BCUT2D eigenvalue weighted by molar-refractivity contribution is 5.98. The largest absolute Gasteiger partial charge is 0.352 e. The number of carbonyl (C=O) groups excluding carboxylic acids is 2. The van der Waals surface area contributed by atoms with Crippen molar-refractivity contribution in [2.24, 2.45) is 0 Å². The van der Waals surface area contributed by atoms with Crippen molar-refractivity contribution in [3.63, 3.8) is 0 Å². The van der Waals surface area contributed by atoms with E-state index in [2.05, 4.69) is 25.8 Å². The average Bonchev–Trinajstić information content (AvgIpc) is 3.14. The molecule has 0 aromatic carbocycles. The van der Waals surface area contributed by atoms with E-state index in [0.29, 0.717) is 18.7 Å². The minimum Gasteiger partial charge on any atom is -0.352 e. The fourth-order valence-corrected chi connectivity index (χ4v) is 2.34. The molecule has 21 heavy (non-hydrogen) atoms. The van der Waals surface area contributed by atoms with E-state index in [4.69, 9.17) is 0 Å². The van der Waals surface area contributed by atoms with E-state index in [1.54, 1.807) is 18.6 Å². The second kappa shape index (κ2) is 5.74. The predicted octanol–water partition coefficient (Wildman–Crippen LogP) is 0.480. The van der Waals surface area contributed by atoms with Crippen LogP contribution in [0.5, 0.6) is 0 Å². The van der Waals surface area contributed by atoms with Gasteiger partial charge in [0.05, 0.1) is 6.20 Å². The molecule has 3 N–H and O–H groups in total. The summed E-state index contributed by atoms with van der Waals surface area (Å²) in [6.45, 7) is 0.416. The first-order valence-corrected chi connectivity index (χ1v) is 6.75. The monoisotopic (exact) mass is 285 g/mol. The number of H-pyrrole nitrogens is 1. The molecular weight excluding hydrogens is 270 g/mol. The Morgan fingerprint density at radius 3 is 2.90 bits per heavy atom. The topological polar surface area (TPSA) is 99.8 Å². The zero-order valence-electron chi connectivity index (χ0n) is 11.3. The highest BCUT2D eigenvalue weighted by atomic mass is 16.2. The molecular formula is C14H15N5O2. The summed E-state index contributed by atoms with van der Waals surface area (Å²) in [6, 6.07) is 3.64. The average molecular weight is 285 g/mol. The van der Waals surface area contributed by atoms with Gasteiger partial charge in [0.25, 0.3) is 5.91 Å². The summed E-state index contributed by atoms with van der Waals surface area (Å²) in [7, 11) is 0.